The van der Waals surface area contributed by atoms with Crippen LogP contribution in [0, 0.1) is 11.6 Å². The molecule has 2 N–H and O–H groups in total. The van der Waals surface area contributed by atoms with E-state index in [0.29, 0.717) is 45.9 Å². The van der Waals surface area contributed by atoms with Crippen molar-refractivity contribution in [3.8, 4) is 11.1 Å². The standard InChI is InChI=1S/C27H26F2N6O/c1-3-34-23(19-10-16(15-4-5-15)6-9-21(19)28)13-35(27(34)36)17-7-8-18(22(29)11-17)20-12-33(2)26-24(20)25(30)31-14-32-26/h6-12,14-15,23H,3-5,13H2,1-2H3,(H2,30,31,32). The van der Waals surface area contributed by atoms with Gasteiger partial charge < -0.3 is 15.2 Å². The quantitative estimate of drug-likeness (QED) is 0.409. The fourth-order valence-electron chi connectivity index (χ4n) is 5.29. The summed E-state index contributed by atoms with van der Waals surface area (Å²) in [5, 5.41) is 0.576. The smallest absolute Gasteiger partial charge is 0.325 e. The first-order valence-electron chi connectivity index (χ1n) is 12.1. The molecule has 1 atom stereocenters. The number of rotatable bonds is 5. The van der Waals surface area contributed by atoms with Crippen LogP contribution in [0.1, 0.15) is 42.9 Å². The minimum absolute atomic E-state index is 0.242. The molecule has 0 bridgehead atoms. The van der Waals surface area contributed by atoms with Crippen LogP contribution in [-0.2, 0) is 7.05 Å². The predicted octanol–water partition coefficient (Wildman–Crippen LogP) is 5.38. The van der Waals surface area contributed by atoms with E-state index in [4.69, 9.17) is 5.73 Å². The number of anilines is 2. The first kappa shape index (κ1) is 22.5. The molecule has 2 amide bonds. The Morgan fingerprint density at radius 1 is 1.06 bits per heavy atom. The maximum atomic E-state index is 15.5. The molecule has 36 heavy (non-hydrogen) atoms. The minimum atomic E-state index is -0.496. The Morgan fingerprint density at radius 3 is 2.58 bits per heavy atom. The number of fused-ring (bicyclic) bond motifs is 1. The number of hydrogen-bond donors (Lipinski definition) is 1. The van der Waals surface area contributed by atoms with Crippen LogP contribution < -0.4 is 10.6 Å². The van der Waals surface area contributed by atoms with Crippen molar-refractivity contribution in [1.82, 2.24) is 19.4 Å². The van der Waals surface area contributed by atoms with Crippen molar-refractivity contribution in [2.24, 2.45) is 7.05 Å². The molecule has 6 rings (SSSR count). The predicted molar refractivity (Wildman–Crippen MR) is 135 cm³/mol. The van der Waals surface area contributed by atoms with E-state index < -0.39 is 11.9 Å². The lowest BCUT2D eigenvalue weighted by atomic mass is 10.00. The number of halogens is 2. The van der Waals surface area contributed by atoms with E-state index >= 15 is 4.39 Å². The number of carbonyl (C=O) groups excluding carboxylic acids is 1. The van der Waals surface area contributed by atoms with Gasteiger partial charge in [-0.1, -0.05) is 12.1 Å². The molecule has 9 heteroatoms. The van der Waals surface area contributed by atoms with Crippen molar-refractivity contribution in [2.45, 2.75) is 31.7 Å². The maximum absolute atomic E-state index is 15.5. The lowest BCUT2D eigenvalue weighted by molar-refractivity contribution is 0.208. The minimum Gasteiger partial charge on any atom is -0.383 e. The van der Waals surface area contributed by atoms with Gasteiger partial charge >= 0.3 is 6.03 Å². The number of aryl methyl sites for hydroxylation is 1. The second kappa shape index (κ2) is 8.29. The summed E-state index contributed by atoms with van der Waals surface area (Å²) < 4.78 is 32.2. The molecule has 1 aliphatic carbocycles. The zero-order chi connectivity index (χ0) is 25.1. The molecule has 1 unspecified atom stereocenters. The highest BCUT2D eigenvalue weighted by molar-refractivity contribution is 6.01. The van der Waals surface area contributed by atoms with Crippen LogP contribution in [0.3, 0.4) is 0 Å². The van der Waals surface area contributed by atoms with Gasteiger partial charge in [0.15, 0.2) is 0 Å². The summed E-state index contributed by atoms with van der Waals surface area (Å²) in [4.78, 5) is 24.8. The normalized spacial score (nSPS) is 18.0. The fourth-order valence-corrected chi connectivity index (χ4v) is 5.29. The second-order valence-electron chi connectivity index (χ2n) is 9.53. The number of carbonyl (C=O) groups is 1. The van der Waals surface area contributed by atoms with Crippen molar-refractivity contribution in [2.75, 3.05) is 23.7 Å². The molecule has 1 saturated heterocycles. The van der Waals surface area contributed by atoms with Crippen molar-refractivity contribution in [3.63, 3.8) is 0 Å². The third-order valence-corrected chi connectivity index (χ3v) is 7.31. The molecule has 0 radical (unpaired) electrons. The van der Waals surface area contributed by atoms with Crippen LogP contribution in [0.15, 0.2) is 48.9 Å². The zero-order valence-corrected chi connectivity index (χ0v) is 20.1. The molecule has 3 heterocycles. The van der Waals surface area contributed by atoms with Crippen molar-refractivity contribution < 1.29 is 13.6 Å². The number of aromatic nitrogens is 3. The number of nitrogens with two attached hydrogens (primary N) is 1. The highest BCUT2D eigenvalue weighted by atomic mass is 19.1. The van der Waals surface area contributed by atoms with Crippen LogP contribution >= 0.6 is 0 Å². The number of nitrogens with zero attached hydrogens (tertiary/aromatic N) is 5. The summed E-state index contributed by atoms with van der Waals surface area (Å²) in [5.74, 6) is -0.0762. The molecule has 4 aromatic rings. The number of urea groups is 1. The second-order valence-corrected chi connectivity index (χ2v) is 9.53. The number of hydrogen-bond acceptors (Lipinski definition) is 4. The monoisotopic (exact) mass is 488 g/mol. The van der Waals surface area contributed by atoms with Gasteiger partial charge in [0.2, 0.25) is 0 Å². The van der Waals surface area contributed by atoms with E-state index in [0.717, 1.165) is 18.4 Å². The molecule has 2 aromatic carbocycles. The average Bonchev–Trinajstić information content (AvgIpc) is 3.58. The Kier molecular flexibility index (Phi) is 5.17. The van der Waals surface area contributed by atoms with Gasteiger partial charge in [-0.3, -0.25) is 4.90 Å². The summed E-state index contributed by atoms with van der Waals surface area (Å²) in [7, 11) is 1.81. The van der Waals surface area contributed by atoms with Gasteiger partial charge in [0.25, 0.3) is 0 Å². The van der Waals surface area contributed by atoms with E-state index in [1.807, 2.05) is 26.1 Å². The Morgan fingerprint density at radius 2 is 1.86 bits per heavy atom. The highest BCUT2D eigenvalue weighted by Gasteiger charge is 2.40. The van der Waals surface area contributed by atoms with Crippen molar-refractivity contribution in [3.05, 3.63) is 71.7 Å². The molecule has 184 valence electrons. The lowest BCUT2D eigenvalue weighted by Crippen LogP contribution is -2.32. The largest absolute Gasteiger partial charge is 0.383 e. The van der Waals surface area contributed by atoms with Crippen LogP contribution in [-0.4, -0.2) is 38.6 Å². The van der Waals surface area contributed by atoms with Gasteiger partial charge in [0, 0.05) is 42.2 Å². The Balaban J connectivity index is 1.36. The third kappa shape index (κ3) is 3.49. The maximum Gasteiger partial charge on any atom is 0.325 e. The van der Waals surface area contributed by atoms with Crippen LogP contribution in [0.4, 0.5) is 25.1 Å². The summed E-state index contributed by atoms with van der Waals surface area (Å²) >= 11 is 0. The van der Waals surface area contributed by atoms with Gasteiger partial charge in [-0.15, -0.1) is 0 Å². The summed E-state index contributed by atoms with van der Waals surface area (Å²) in [5.41, 5.74) is 9.64. The van der Waals surface area contributed by atoms with E-state index in [2.05, 4.69) is 9.97 Å². The molecule has 1 saturated carbocycles. The first-order valence-corrected chi connectivity index (χ1v) is 12.1. The Labute approximate surface area is 207 Å². The molecular weight excluding hydrogens is 462 g/mol. The fraction of sp³-hybridized carbons (Fsp3) is 0.296. The Bertz CT molecular complexity index is 1510. The van der Waals surface area contributed by atoms with Gasteiger partial charge in [-0.2, -0.15) is 0 Å². The zero-order valence-electron chi connectivity index (χ0n) is 20.1. The molecule has 2 fully saturated rings. The van der Waals surface area contributed by atoms with Gasteiger partial charge in [0.05, 0.1) is 18.0 Å². The molecule has 2 aromatic heterocycles. The van der Waals surface area contributed by atoms with E-state index in [-0.39, 0.29) is 24.2 Å². The van der Waals surface area contributed by atoms with Crippen LogP contribution in [0.5, 0.6) is 0 Å². The van der Waals surface area contributed by atoms with E-state index in [9.17, 15) is 9.18 Å². The number of benzene rings is 2. The SMILES string of the molecule is CCN1C(=O)N(c2ccc(-c3cn(C)c4ncnc(N)c34)c(F)c2)CC1c1cc(C2CC2)ccc1F. The van der Waals surface area contributed by atoms with Gasteiger partial charge in [-0.05, 0) is 55.5 Å². The summed E-state index contributed by atoms with van der Waals surface area (Å²) in [6, 6.07) is 9.21. The molecule has 1 aliphatic heterocycles. The summed E-state index contributed by atoms with van der Waals surface area (Å²) in [6.45, 7) is 2.53. The van der Waals surface area contributed by atoms with Crippen molar-refractivity contribution >= 4 is 28.6 Å². The van der Waals surface area contributed by atoms with E-state index in [1.54, 1.807) is 27.8 Å². The molecule has 7 nitrogen and oxygen atoms in total. The van der Waals surface area contributed by atoms with E-state index in [1.165, 1.54) is 23.4 Å². The number of likely N-dealkylation sites (N-methyl/N-ethyl adjacent to an activating group) is 1. The molecule has 0 spiro atoms. The van der Waals surface area contributed by atoms with Crippen LogP contribution in [0.25, 0.3) is 22.2 Å². The van der Waals surface area contributed by atoms with Crippen LogP contribution in [0.2, 0.25) is 0 Å². The van der Waals surface area contributed by atoms with Gasteiger partial charge in [-0.25, -0.2) is 23.5 Å². The number of amides is 2. The molecular formula is C27H26F2N6O. The third-order valence-electron chi connectivity index (χ3n) is 7.31. The molecule has 2 aliphatic rings. The topological polar surface area (TPSA) is 80.3 Å². The summed E-state index contributed by atoms with van der Waals surface area (Å²) in [6.07, 6.45) is 5.36. The lowest BCUT2D eigenvalue weighted by Gasteiger charge is -2.22. The van der Waals surface area contributed by atoms with Crippen molar-refractivity contribution in [1.29, 1.82) is 0 Å². The average molecular weight is 489 g/mol. The first-order chi connectivity index (χ1) is 17.4. The number of nitrogen functional groups attached to an aromatic ring is 1. The van der Waals surface area contributed by atoms with Gasteiger partial charge in [0.1, 0.15) is 29.4 Å². The Hall–Kier alpha value is -4.01. The highest BCUT2D eigenvalue weighted by Crippen LogP contribution is 2.43.